The number of alkyl halides is 3. The minimum Gasteiger partial charge on any atom is -0.475 e. The topological polar surface area (TPSA) is 108 Å². The third-order valence-corrected chi connectivity index (χ3v) is 5.67. The van der Waals surface area contributed by atoms with Crippen LogP contribution in [0.5, 0.6) is 0 Å². The molecule has 2 aromatic heterocycles. The van der Waals surface area contributed by atoms with Crippen LogP contribution in [0.4, 0.5) is 18.9 Å². The Morgan fingerprint density at radius 2 is 1.70 bits per heavy atom. The number of amides is 1. The van der Waals surface area contributed by atoms with Crippen LogP contribution in [0.25, 0.3) is 0 Å². The molecule has 1 amide bonds. The minimum absolute atomic E-state index is 0.0839. The molecule has 1 saturated heterocycles. The molecule has 0 spiro atoms. The van der Waals surface area contributed by atoms with Gasteiger partial charge in [0, 0.05) is 30.2 Å². The van der Waals surface area contributed by atoms with Gasteiger partial charge in [0.15, 0.2) is 0 Å². The average molecular weight is 465 g/mol. The second kappa shape index (κ2) is 11.2. The monoisotopic (exact) mass is 465 g/mol. The molecule has 11 heteroatoms. The van der Waals surface area contributed by atoms with Crippen molar-refractivity contribution in [2.45, 2.75) is 63.2 Å². The quantitative estimate of drug-likeness (QED) is 0.696. The third kappa shape index (κ3) is 6.95. The van der Waals surface area contributed by atoms with Gasteiger partial charge in [0.1, 0.15) is 0 Å². The number of hydrogen-bond acceptors (Lipinski definition) is 6. The highest BCUT2D eigenvalue weighted by Gasteiger charge is 2.38. The first kappa shape index (κ1) is 24.6. The molecule has 1 aliphatic heterocycles. The Bertz CT molecular complexity index is 915. The summed E-state index contributed by atoms with van der Waals surface area (Å²) in [5, 5.41) is 10.3. The van der Waals surface area contributed by atoms with Gasteiger partial charge in [-0.25, -0.2) is 4.79 Å². The lowest BCUT2D eigenvalue weighted by Gasteiger charge is -2.32. The Morgan fingerprint density at radius 3 is 2.18 bits per heavy atom. The molecule has 0 aromatic carbocycles. The van der Waals surface area contributed by atoms with Crippen LogP contribution in [0.1, 0.15) is 55.8 Å². The number of halogens is 3. The van der Waals surface area contributed by atoms with Crippen molar-refractivity contribution >= 4 is 17.6 Å². The van der Waals surface area contributed by atoms with Crippen molar-refractivity contribution in [3.63, 3.8) is 0 Å². The van der Waals surface area contributed by atoms with Crippen LogP contribution in [-0.2, 0) is 16.1 Å². The molecule has 0 unspecified atom stereocenters. The number of pyridine rings is 1. The number of nitrogens with zero attached hydrogens (tertiary/aromatic N) is 4. The Kier molecular flexibility index (Phi) is 8.32. The third-order valence-electron chi connectivity index (χ3n) is 5.67. The number of carbonyl (C=O) groups excluding carboxylic acids is 1. The van der Waals surface area contributed by atoms with Crippen molar-refractivity contribution in [2.24, 2.45) is 0 Å². The highest BCUT2D eigenvalue weighted by molar-refractivity contribution is 5.97. The maximum atomic E-state index is 12.8. The van der Waals surface area contributed by atoms with Crippen molar-refractivity contribution in [2.75, 3.05) is 11.4 Å². The van der Waals surface area contributed by atoms with Gasteiger partial charge in [0.25, 0.3) is 0 Å². The van der Waals surface area contributed by atoms with E-state index in [1.807, 2.05) is 24.5 Å². The molecule has 2 N–H and O–H groups in total. The van der Waals surface area contributed by atoms with Gasteiger partial charge in [-0.2, -0.15) is 13.2 Å². The molecule has 0 radical (unpaired) electrons. The molecule has 0 bridgehead atoms. The summed E-state index contributed by atoms with van der Waals surface area (Å²) in [6.07, 6.45) is 9.28. The predicted octanol–water partition coefficient (Wildman–Crippen LogP) is 3.45. The summed E-state index contributed by atoms with van der Waals surface area (Å²) in [7, 11) is 0. The van der Waals surface area contributed by atoms with Crippen LogP contribution < -0.4 is 10.2 Å². The second-order valence-electron chi connectivity index (χ2n) is 8.00. The highest BCUT2D eigenvalue weighted by Crippen LogP contribution is 2.31. The Labute approximate surface area is 189 Å². The lowest BCUT2D eigenvalue weighted by molar-refractivity contribution is -0.192. The fraction of sp³-hybridized carbons (Fsp3) is 0.500. The van der Waals surface area contributed by atoms with E-state index in [0.29, 0.717) is 12.5 Å². The Hall–Kier alpha value is -3.08. The molecular formula is C22H26F3N5O3. The molecule has 8 nitrogen and oxygen atoms in total. The predicted molar refractivity (Wildman–Crippen MR) is 113 cm³/mol. The number of aliphatic carboxylic acids is 1. The maximum Gasteiger partial charge on any atom is 0.490 e. The van der Waals surface area contributed by atoms with E-state index in [1.165, 1.54) is 32.1 Å². The summed E-state index contributed by atoms with van der Waals surface area (Å²) >= 11 is 0. The Morgan fingerprint density at radius 1 is 1.06 bits per heavy atom. The maximum absolute atomic E-state index is 12.8. The summed E-state index contributed by atoms with van der Waals surface area (Å²) in [6, 6.07) is 3.62. The number of anilines is 1. The van der Waals surface area contributed by atoms with Gasteiger partial charge in [0.2, 0.25) is 5.91 Å². The average Bonchev–Trinajstić information content (AvgIpc) is 2.77. The van der Waals surface area contributed by atoms with Crippen LogP contribution in [0.15, 0.2) is 36.9 Å². The first-order valence-electron chi connectivity index (χ1n) is 10.8. The standard InChI is InChI=1S/C20H25N5O.C2HF3O2/c26-20(18-8-11-22-18)25(17-6-9-21-10-7-17)14-16-12-24-19(13-23-16)15-4-2-1-3-5-15;3-2(4,5)1(6)7/h6-7,9-10,12-13,15,18,22H,1-5,8,11,14H2;(H,6,7)/t18-;/m1./s1. The van der Waals surface area contributed by atoms with Crippen LogP contribution >= 0.6 is 0 Å². The van der Waals surface area contributed by atoms with Crippen LogP contribution in [0.3, 0.4) is 0 Å². The van der Waals surface area contributed by atoms with Gasteiger partial charge < -0.3 is 15.3 Å². The molecule has 4 rings (SSSR count). The fourth-order valence-corrected chi connectivity index (χ4v) is 3.73. The van der Waals surface area contributed by atoms with Gasteiger partial charge in [0.05, 0.1) is 30.2 Å². The lowest BCUT2D eigenvalue weighted by Crippen LogP contribution is -2.54. The molecule has 2 fully saturated rings. The van der Waals surface area contributed by atoms with Crippen LogP contribution in [0.2, 0.25) is 0 Å². The van der Waals surface area contributed by atoms with Crippen LogP contribution in [-0.4, -0.2) is 50.7 Å². The van der Waals surface area contributed by atoms with E-state index in [0.717, 1.165) is 30.0 Å². The number of carboxylic acids is 1. The first-order valence-corrected chi connectivity index (χ1v) is 10.8. The summed E-state index contributed by atoms with van der Waals surface area (Å²) in [5.41, 5.74) is 2.75. The van der Waals surface area contributed by atoms with Crippen molar-refractivity contribution < 1.29 is 27.9 Å². The van der Waals surface area contributed by atoms with E-state index in [-0.39, 0.29) is 11.9 Å². The van der Waals surface area contributed by atoms with Gasteiger partial charge in [-0.15, -0.1) is 0 Å². The highest BCUT2D eigenvalue weighted by atomic mass is 19.4. The van der Waals surface area contributed by atoms with Crippen molar-refractivity contribution in [3.8, 4) is 0 Å². The summed E-state index contributed by atoms with van der Waals surface area (Å²) < 4.78 is 31.7. The number of nitrogens with one attached hydrogen (secondary N) is 1. The number of carboxylic acid groups (broad SMARTS) is 1. The van der Waals surface area contributed by atoms with Gasteiger partial charge >= 0.3 is 12.1 Å². The molecule has 3 heterocycles. The smallest absolute Gasteiger partial charge is 0.475 e. The minimum atomic E-state index is -5.08. The van der Waals surface area contributed by atoms with E-state index >= 15 is 0 Å². The fourth-order valence-electron chi connectivity index (χ4n) is 3.73. The van der Waals surface area contributed by atoms with Gasteiger partial charge in [-0.3, -0.25) is 19.7 Å². The molecule has 1 aliphatic carbocycles. The largest absolute Gasteiger partial charge is 0.490 e. The molecule has 1 saturated carbocycles. The molecule has 178 valence electrons. The Balaban J connectivity index is 0.000000383. The van der Waals surface area contributed by atoms with Gasteiger partial charge in [-0.05, 0) is 37.9 Å². The SMILES string of the molecule is O=C(O)C(F)(F)F.O=C([C@H]1CCN1)N(Cc1cnc(C2CCCCC2)cn1)c1ccncc1. The van der Waals surface area contributed by atoms with E-state index < -0.39 is 12.1 Å². The zero-order valence-electron chi connectivity index (χ0n) is 18.0. The number of aromatic nitrogens is 3. The number of hydrogen-bond donors (Lipinski definition) is 2. The first-order chi connectivity index (χ1) is 15.8. The molecular weight excluding hydrogens is 439 g/mol. The lowest BCUT2D eigenvalue weighted by atomic mass is 9.87. The van der Waals surface area contributed by atoms with Gasteiger partial charge in [-0.1, -0.05) is 19.3 Å². The molecule has 33 heavy (non-hydrogen) atoms. The second-order valence-corrected chi connectivity index (χ2v) is 8.00. The zero-order valence-corrected chi connectivity index (χ0v) is 18.0. The van der Waals surface area contributed by atoms with E-state index in [2.05, 4.69) is 20.3 Å². The van der Waals surface area contributed by atoms with E-state index in [1.54, 1.807) is 17.3 Å². The summed E-state index contributed by atoms with van der Waals surface area (Å²) in [6.45, 7) is 1.33. The van der Waals surface area contributed by atoms with E-state index in [4.69, 9.17) is 9.90 Å². The van der Waals surface area contributed by atoms with Crippen molar-refractivity contribution in [1.29, 1.82) is 0 Å². The summed E-state index contributed by atoms with van der Waals surface area (Å²) in [4.78, 5) is 36.8. The molecule has 1 atom stereocenters. The van der Waals surface area contributed by atoms with E-state index in [9.17, 15) is 18.0 Å². The van der Waals surface area contributed by atoms with Crippen molar-refractivity contribution in [1.82, 2.24) is 20.3 Å². The van der Waals surface area contributed by atoms with Crippen LogP contribution in [0, 0.1) is 0 Å². The normalized spacial score (nSPS) is 18.5. The number of rotatable bonds is 5. The number of carbonyl (C=O) groups is 2. The molecule has 2 aliphatic rings. The zero-order chi connectivity index (χ0) is 23.8. The van der Waals surface area contributed by atoms with Crippen molar-refractivity contribution in [3.05, 3.63) is 48.3 Å². The summed E-state index contributed by atoms with van der Waals surface area (Å²) in [5.74, 6) is -2.13. The molecule has 2 aromatic rings.